The minimum absolute atomic E-state index is 0.563. The summed E-state index contributed by atoms with van der Waals surface area (Å²) in [6, 6.07) is 45.5. The van der Waals surface area contributed by atoms with Gasteiger partial charge >= 0.3 is 0 Å². The van der Waals surface area contributed by atoms with Gasteiger partial charge in [0.2, 0.25) is 0 Å². The van der Waals surface area contributed by atoms with Crippen molar-refractivity contribution in [2.45, 2.75) is 0 Å². The van der Waals surface area contributed by atoms with Gasteiger partial charge in [-0.05, 0) is 66.7 Å². The van der Waals surface area contributed by atoms with Crippen LogP contribution in [0.4, 0.5) is 0 Å². The Bertz CT molecular complexity index is 2710. The fourth-order valence-electron chi connectivity index (χ4n) is 6.70. The average Bonchev–Trinajstić information content (AvgIpc) is 3.70. The molecule has 0 atom stereocenters. The maximum atomic E-state index is 10.2. The van der Waals surface area contributed by atoms with Gasteiger partial charge in [0.1, 0.15) is 11.2 Å². The zero-order valence-corrected chi connectivity index (χ0v) is 22.7. The van der Waals surface area contributed by atoms with Gasteiger partial charge < -0.3 is 13.6 Å². The van der Waals surface area contributed by atoms with E-state index in [4.69, 9.17) is 4.42 Å². The molecule has 0 radical (unpaired) electrons. The molecule has 198 valence electrons. The molecule has 0 aliphatic carbocycles. The Morgan fingerprint density at radius 1 is 0.419 bits per heavy atom. The van der Waals surface area contributed by atoms with E-state index in [1.165, 1.54) is 0 Å². The molecule has 0 saturated heterocycles. The second kappa shape index (κ2) is 8.60. The van der Waals surface area contributed by atoms with E-state index in [1.54, 1.807) is 0 Å². The first-order chi connectivity index (χ1) is 21.2. The third-order valence-corrected chi connectivity index (χ3v) is 8.52. The number of furan rings is 1. The molecule has 0 N–H and O–H groups in total. The summed E-state index contributed by atoms with van der Waals surface area (Å²) < 4.78 is 10.7. The van der Waals surface area contributed by atoms with Gasteiger partial charge in [0.25, 0.3) is 0 Å². The van der Waals surface area contributed by atoms with E-state index in [0.717, 1.165) is 76.9 Å². The fraction of sp³-hybridized carbons (Fsp3) is 0. The SMILES string of the molecule is N#Cc1cc(-n2c3ccccc3c3cc(C#N)ccc32)cc(-n2c3ccccc3c3cc4oc5ccccc5c4cc32)c1. The summed E-state index contributed by atoms with van der Waals surface area (Å²) in [6.45, 7) is 0. The largest absolute Gasteiger partial charge is 0.456 e. The Hall–Kier alpha value is -6.30. The number of aromatic nitrogens is 2. The molecule has 0 spiro atoms. The summed E-state index contributed by atoms with van der Waals surface area (Å²) in [5, 5.41) is 26.2. The number of nitriles is 2. The van der Waals surface area contributed by atoms with Crippen molar-refractivity contribution in [3.8, 4) is 23.5 Å². The predicted octanol–water partition coefficient (Wildman–Crippen LogP) is 9.52. The van der Waals surface area contributed by atoms with Crippen molar-refractivity contribution in [2.24, 2.45) is 0 Å². The smallest absolute Gasteiger partial charge is 0.136 e. The number of hydrogen-bond acceptors (Lipinski definition) is 3. The van der Waals surface area contributed by atoms with E-state index >= 15 is 0 Å². The van der Waals surface area contributed by atoms with Gasteiger partial charge in [-0.25, -0.2) is 0 Å². The van der Waals surface area contributed by atoms with Crippen molar-refractivity contribution in [1.29, 1.82) is 10.5 Å². The molecule has 9 rings (SSSR count). The van der Waals surface area contributed by atoms with Gasteiger partial charge in [-0.2, -0.15) is 10.5 Å². The van der Waals surface area contributed by atoms with Gasteiger partial charge in [0, 0.05) is 43.7 Å². The number of benzene rings is 6. The van der Waals surface area contributed by atoms with Crippen LogP contribution in [0.3, 0.4) is 0 Å². The van der Waals surface area contributed by atoms with E-state index in [2.05, 4.69) is 75.9 Å². The van der Waals surface area contributed by atoms with Crippen LogP contribution < -0.4 is 0 Å². The Kier molecular flexibility index (Phi) is 4.68. The lowest BCUT2D eigenvalue weighted by Crippen LogP contribution is -2.00. The fourth-order valence-corrected chi connectivity index (χ4v) is 6.70. The van der Waals surface area contributed by atoms with Gasteiger partial charge in [-0.3, -0.25) is 0 Å². The van der Waals surface area contributed by atoms with Crippen LogP contribution in [0.2, 0.25) is 0 Å². The molecule has 0 unspecified atom stereocenters. The Morgan fingerprint density at radius 2 is 1.00 bits per heavy atom. The minimum atomic E-state index is 0.563. The first-order valence-electron chi connectivity index (χ1n) is 14.1. The zero-order chi connectivity index (χ0) is 28.7. The van der Waals surface area contributed by atoms with Crippen molar-refractivity contribution in [1.82, 2.24) is 9.13 Å². The molecular weight excluding hydrogens is 528 g/mol. The van der Waals surface area contributed by atoms with Crippen molar-refractivity contribution >= 4 is 65.6 Å². The lowest BCUT2D eigenvalue weighted by molar-refractivity contribution is 0.669. The van der Waals surface area contributed by atoms with Crippen LogP contribution in [0.25, 0.3) is 76.9 Å². The number of fused-ring (bicyclic) bond motifs is 9. The van der Waals surface area contributed by atoms with Crippen LogP contribution in [-0.4, -0.2) is 9.13 Å². The zero-order valence-electron chi connectivity index (χ0n) is 22.7. The van der Waals surface area contributed by atoms with Crippen LogP contribution in [0.1, 0.15) is 11.1 Å². The molecule has 43 heavy (non-hydrogen) atoms. The van der Waals surface area contributed by atoms with Gasteiger partial charge in [0.05, 0.1) is 45.3 Å². The van der Waals surface area contributed by atoms with Crippen LogP contribution >= 0.6 is 0 Å². The van der Waals surface area contributed by atoms with E-state index in [-0.39, 0.29) is 0 Å². The third-order valence-electron chi connectivity index (χ3n) is 8.52. The quantitative estimate of drug-likeness (QED) is 0.216. The molecule has 0 saturated carbocycles. The molecule has 0 amide bonds. The van der Waals surface area contributed by atoms with E-state index < -0.39 is 0 Å². The van der Waals surface area contributed by atoms with Gasteiger partial charge in [-0.1, -0.05) is 54.6 Å². The molecule has 3 aromatic heterocycles. The second-order valence-corrected chi connectivity index (χ2v) is 10.9. The molecule has 0 aliphatic heterocycles. The molecule has 5 heteroatoms. The summed E-state index contributed by atoms with van der Waals surface area (Å²) >= 11 is 0. The van der Waals surface area contributed by atoms with Gasteiger partial charge in [0.15, 0.2) is 0 Å². The van der Waals surface area contributed by atoms with Crippen molar-refractivity contribution in [2.75, 3.05) is 0 Å². The highest BCUT2D eigenvalue weighted by Gasteiger charge is 2.19. The highest BCUT2D eigenvalue weighted by Crippen LogP contribution is 2.39. The number of hydrogen-bond donors (Lipinski definition) is 0. The summed E-state index contributed by atoms with van der Waals surface area (Å²) in [5.74, 6) is 0. The Morgan fingerprint density at radius 3 is 1.70 bits per heavy atom. The Balaban J connectivity index is 1.39. The summed E-state index contributed by atoms with van der Waals surface area (Å²) in [4.78, 5) is 0. The normalized spacial score (nSPS) is 11.7. The highest BCUT2D eigenvalue weighted by atomic mass is 16.3. The molecule has 3 heterocycles. The van der Waals surface area contributed by atoms with Gasteiger partial charge in [-0.15, -0.1) is 0 Å². The third kappa shape index (κ3) is 3.25. The molecule has 9 aromatic rings. The number of nitrogens with zero attached hydrogens (tertiary/aromatic N) is 4. The van der Waals surface area contributed by atoms with Crippen molar-refractivity contribution in [3.05, 3.63) is 132 Å². The highest BCUT2D eigenvalue weighted by molar-refractivity contribution is 6.17. The van der Waals surface area contributed by atoms with Crippen molar-refractivity contribution < 1.29 is 4.42 Å². The predicted molar refractivity (Wildman–Crippen MR) is 172 cm³/mol. The average molecular weight is 549 g/mol. The molecular formula is C38H20N4O. The van der Waals surface area contributed by atoms with E-state index in [1.807, 2.05) is 66.7 Å². The van der Waals surface area contributed by atoms with Crippen molar-refractivity contribution in [3.63, 3.8) is 0 Å². The molecule has 5 nitrogen and oxygen atoms in total. The lowest BCUT2D eigenvalue weighted by Gasteiger charge is -2.14. The second-order valence-electron chi connectivity index (χ2n) is 10.9. The molecule has 6 aromatic carbocycles. The topological polar surface area (TPSA) is 70.6 Å². The van der Waals surface area contributed by atoms with Crippen LogP contribution in [0, 0.1) is 22.7 Å². The lowest BCUT2D eigenvalue weighted by atomic mass is 10.1. The van der Waals surface area contributed by atoms with Crippen LogP contribution in [0.5, 0.6) is 0 Å². The minimum Gasteiger partial charge on any atom is -0.456 e. The number of rotatable bonds is 2. The number of para-hydroxylation sites is 3. The monoisotopic (exact) mass is 548 g/mol. The first kappa shape index (κ1) is 23.4. The van der Waals surface area contributed by atoms with E-state index in [0.29, 0.717) is 11.1 Å². The molecule has 0 fully saturated rings. The standard InChI is InChI=1S/C38H20N4O/c39-21-23-13-14-35-30(17-23)27-7-1-4-10-33(27)41(35)25-15-24(22-40)16-26(18-25)42-34-11-5-2-8-28(34)31-20-38-32(19-36(31)42)29-9-3-6-12-37(29)43-38/h1-20H. The molecule has 0 aliphatic rings. The maximum absolute atomic E-state index is 10.2. The summed E-state index contributed by atoms with van der Waals surface area (Å²) in [7, 11) is 0. The Labute approximate surface area is 245 Å². The van der Waals surface area contributed by atoms with E-state index in [9.17, 15) is 10.5 Å². The molecule has 0 bridgehead atoms. The summed E-state index contributed by atoms with van der Waals surface area (Å²) in [6.07, 6.45) is 0. The maximum Gasteiger partial charge on any atom is 0.136 e. The summed E-state index contributed by atoms with van der Waals surface area (Å²) in [5.41, 5.74) is 8.76. The first-order valence-corrected chi connectivity index (χ1v) is 14.1. The van der Waals surface area contributed by atoms with Crippen LogP contribution in [-0.2, 0) is 0 Å². The van der Waals surface area contributed by atoms with Crippen LogP contribution in [0.15, 0.2) is 126 Å².